The molecule has 0 saturated heterocycles. The number of unbranched alkanes of at least 4 members (excludes halogenated alkanes) is 1. The van der Waals surface area contributed by atoms with E-state index in [2.05, 4.69) is 4.98 Å². The minimum absolute atomic E-state index is 0.0575. The Labute approximate surface area is 108 Å². The summed E-state index contributed by atoms with van der Waals surface area (Å²) in [5, 5.41) is 5.03. The van der Waals surface area contributed by atoms with Gasteiger partial charge in [-0.2, -0.15) is 0 Å². The summed E-state index contributed by atoms with van der Waals surface area (Å²) >= 11 is 0. The van der Waals surface area contributed by atoms with E-state index in [0.29, 0.717) is 6.61 Å². The lowest BCUT2D eigenvalue weighted by Crippen LogP contribution is -2.12. The largest absolute Gasteiger partial charge is 0.385 e. The van der Waals surface area contributed by atoms with Crippen LogP contribution in [0.2, 0.25) is 0 Å². The number of hydrogen-bond donors (Lipinski definition) is 1. The third kappa shape index (κ3) is 4.08. The van der Waals surface area contributed by atoms with Crippen LogP contribution in [0.3, 0.4) is 0 Å². The molecule has 0 spiro atoms. The minimum Gasteiger partial charge on any atom is -0.385 e. The second kappa shape index (κ2) is 6.31. The Kier molecular flexibility index (Phi) is 5.30. The van der Waals surface area contributed by atoms with Crippen molar-refractivity contribution in [1.29, 1.82) is 0 Å². The highest BCUT2D eigenvalue weighted by molar-refractivity contribution is 7.89. The van der Waals surface area contributed by atoms with E-state index in [-0.39, 0.29) is 10.9 Å². The molecule has 0 amide bonds. The van der Waals surface area contributed by atoms with Crippen molar-refractivity contribution in [3.63, 3.8) is 0 Å². The molecule has 2 N–H and O–H groups in total. The van der Waals surface area contributed by atoms with E-state index < -0.39 is 10.0 Å². The average molecular weight is 275 g/mol. The summed E-state index contributed by atoms with van der Waals surface area (Å²) in [6.07, 6.45) is 3.35. The summed E-state index contributed by atoms with van der Waals surface area (Å²) in [4.78, 5) is 4.10. The lowest BCUT2D eigenvalue weighted by molar-refractivity contribution is 0.191. The molecular weight excluding hydrogens is 254 g/mol. The van der Waals surface area contributed by atoms with Gasteiger partial charge in [-0.25, -0.2) is 18.5 Å². The lowest BCUT2D eigenvalue weighted by Gasteiger charge is -2.09. The maximum absolute atomic E-state index is 11.3. The van der Waals surface area contributed by atoms with Crippen molar-refractivity contribution in [3.05, 3.63) is 12.0 Å². The van der Waals surface area contributed by atoms with Gasteiger partial charge in [0.1, 0.15) is 5.82 Å². The zero-order chi connectivity index (χ0) is 13.8. The molecule has 1 heterocycles. The maximum Gasteiger partial charge on any atom is 0.257 e. The Bertz CT molecular complexity index is 480. The summed E-state index contributed by atoms with van der Waals surface area (Å²) in [5.41, 5.74) is 0. The van der Waals surface area contributed by atoms with Crippen LogP contribution in [-0.2, 0) is 21.3 Å². The number of sulfonamides is 1. The number of nitrogens with two attached hydrogens (primary N) is 1. The molecule has 0 radical (unpaired) electrons. The summed E-state index contributed by atoms with van der Waals surface area (Å²) in [5.74, 6) is 0.902. The fraction of sp³-hybridized carbons (Fsp3) is 0.727. The van der Waals surface area contributed by atoms with Crippen LogP contribution < -0.4 is 5.14 Å². The van der Waals surface area contributed by atoms with E-state index >= 15 is 0 Å². The number of imidazole rings is 1. The van der Waals surface area contributed by atoms with Crippen molar-refractivity contribution in [2.75, 3.05) is 13.7 Å². The number of nitrogens with zero attached hydrogens (tertiary/aromatic N) is 2. The van der Waals surface area contributed by atoms with Crippen molar-refractivity contribution >= 4 is 10.0 Å². The van der Waals surface area contributed by atoms with Gasteiger partial charge in [0.05, 0.1) is 0 Å². The highest BCUT2D eigenvalue weighted by Gasteiger charge is 2.17. The first kappa shape index (κ1) is 15.1. The van der Waals surface area contributed by atoms with E-state index in [1.54, 1.807) is 7.11 Å². The predicted molar refractivity (Wildman–Crippen MR) is 68.8 cm³/mol. The van der Waals surface area contributed by atoms with E-state index in [4.69, 9.17) is 9.88 Å². The van der Waals surface area contributed by atoms with Crippen LogP contribution in [0, 0.1) is 0 Å². The maximum atomic E-state index is 11.3. The molecule has 0 aromatic carbocycles. The summed E-state index contributed by atoms with van der Waals surface area (Å²) in [6, 6.07) is 0. The van der Waals surface area contributed by atoms with E-state index in [9.17, 15) is 8.42 Å². The lowest BCUT2D eigenvalue weighted by atomic mass is 10.2. The van der Waals surface area contributed by atoms with Gasteiger partial charge in [-0.15, -0.1) is 0 Å². The average Bonchev–Trinajstić information content (AvgIpc) is 2.68. The van der Waals surface area contributed by atoms with Gasteiger partial charge in [-0.05, 0) is 12.8 Å². The third-order valence-corrected chi connectivity index (χ3v) is 3.37. The smallest absolute Gasteiger partial charge is 0.257 e. The molecule has 0 aliphatic carbocycles. The van der Waals surface area contributed by atoms with Gasteiger partial charge in [-0.3, -0.25) is 0 Å². The molecule has 6 nitrogen and oxygen atoms in total. The van der Waals surface area contributed by atoms with Crippen LogP contribution in [0.5, 0.6) is 0 Å². The summed E-state index contributed by atoms with van der Waals surface area (Å²) in [6.45, 7) is 5.37. The first-order valence-corrected chi connectivity index (χ1v) is 7.49. The number of aromatic nitrogens is 2. The van der Waals surface area contributed by atoms with Crippen molar-refractivity contribution in [3.8, 4) is 0 Å². The van der Waals surface area contributed by atoms with Gasteiger partial charge < -0.3 is 9.30 Å². The van der Waals surface area contributed by atoms with Crippen LogP contribution in [0.25, 0.3) is 0 Å². The first-order chi connectivity index (χ1) is 8.36. The van der Waals surface area contributed by atoms with Gasteiger partial charge in [0.2, 0.25) is 0 Å². The molecule has 0 atom stereocenters. The Morgan fingerprint density at radius 2 is 2.11 bits per heavy atom. The number of hydrogen-bond acceptors (Lipinski definition) is 4. The van der Waals surface area contributed by atoms with Gasteiger partial charge in [-0.1, -0.05) is 13.8 Å². The molecule has 1 aromatic rings. The number of ether oxygens (including phenoxy) is 1. The Morgan fingerprint density at radius 1 is 1.44 bits per heavy atom. The molecule has 18 heavy (non-hydrogen) atoms. The Balaban J connectivity index is 2.85. The Morgan fingerprint density at radius 3 is 2.61 bits per heavy atom. The predicted octanol–water partition coefficient (Wildman–Crippen LogP) is 1.08. The number of rotatable bonds is 7. The molecule has 0 fully saturated rings. The zero-order valence-corrected chi connectivity index (χ0v) is 11.9. The molecule has 0 saturated carbocycles. The van der Waals surface area contributed by atoms with Gasteiger partial charge in [0, 0.05) is 32.4 Å². The number of primary sulfonamides is 1. The van der Waals surface area contributed by atoms with Crippen LogP contribution >= 0.6 is 0 Å². The molecule has 7 heteroatoms. The van der Waals surface area contributed by atoms with Crippen LogP contribution in [0.15, 0.2) is 11.2 Å². The topological polar surface area (TPSA) is 87.2 Å². The summed E-state index contributed by atoms with van der Waals surface area (Å²) in [7, 11) is -2.07. The van der Waals surface area contributed by atoms with Crippen molar-refractivity contribution < 1.29 is 13.2 Å². The molecular formula is C11H21N3O3S. The molecule has 0 bridgehead atoms. The minimum atomic E-state index is -3.73. The van der Waals surface area contributed by atoms with Gasteiger partial charge in [0.15, 0.2) is 5.03 Å². The fourth-order valence-electron chi connectivity index (χ4n) is 1.71. The first-order valence-electron chi connectivity index (χ1n) is 5.95. The molecule has 1 aromatic heterocycles. The third-order valence-electron chi connectivity index (χ3n) is 2.59. The normalized spacial score (nSPS) is 12.3. The Hall–Kier alpha value is -0.920. The van der Waals surface area contributed by atoms with Crippen molar-refractivity contribution in [2.45, 2.75) is 44.2 Å². The second-order valence-corrected chi connectivity index (χ2v) is 6.04. The standard InChI is InChI=1S/C11H21N3O3S/c1-9(2)11-13-10(18(12,15)16)8-14(11)6-4-5-7-17-3/h8-9H,4-7H2,1-3H3,(H2,12,15,16). The molecule has 0 aliphatic heterocycles. The van der Waals surface area contributed by atoms with Gasteiger partial charge in [0.25, 0.3) is 10.0 Å². The summed E-state index contributed by atoms with van der Waals surface area (Å²) < 4.78 is 29.4. The fourth-order valence-corrected chi connectivity index (χ4v) is 2.21. The molecule has 104 valence electrons. The van der Waals surface area contributed by atoms with E-state index in [1.165, 1.54) is 6.20 Å². The molecule has 0 aliphatic rings. The van der Waals surface area contributed by atoms with Crippen LogP contribution in [0.1, 0.15) is 38.4 Å². The molecule has 0 unspecified atom stereocenters. The zero-order valence-electron chi connectivity index (χ0n) is 11.1. The monoisotopic (exact) mass is 275 g/mol. The van der Waals surface area contributed by atoms with Crippen LogP contribution in [0.4, 0.5) is 0 Å². The van der Waals surface area contributed by atoms with E-state index in [0.717, 1.165) is 25.2 Å². The van der Waals surface area contributed by atoms with Crippen molar-refractivity contribution in [2.24, 2.45) is 5.14 Å². The molecule has 1 rings (SSSR count). The van der Waals surface area contributed by atoms with E-state index in [1.807, 2.05) is 18.4 Å². The van der Waals surface area contributed by atoms with Crippen molar-refractivity contribution in [1.82, 2.24) is 9.55 Å². The van der Waals surface area contributed by atoms with Crippen LogP contribution in [-0.4, -0.2) is 31.7 Å². The highest BCUT2D eigenvalue weighted by atomic mass is 32.2. The second-order valence-electron chi connectivity index (χ2n) is 4.53. The quantitative estimate of drug-likeness (QED) is 0.754. The SMILES string of the molecule is COCCCCn1cc(S(N)(=O)=O)nc1C(C)C. The number of aryl methyl sites for hydroxylation is 1. The number of methoxy groups -OCH3 is 1. The highest BCUT2D eigenvalue weighted by Crippen LogP contribution is 2.17. The van der Waals surface area contributed by atoms with Gasteiger partial charge >= 0.3 is 0 Å².